The van der Waals surface area contributed by atoms with Crippen LogP contribution in [0.25, 0.3) is 0 Å². The molecule has 8 heteroatoms. The van der Waals surface area contributed by atoms with Crippen molar-refractivity contribution in [3.8, 4) is 11.5 Å². The third kappa shape index (κ3) is 2.24. The average molecular weight is 415 g/mol. The number of carbonyl (C=O) groups is 1. The lowest BCUT2D eigenvalue weighted by atomic mass is 9.76. The molecule has 1 aromatic heterocycles. The van der Waals surface area contributed by atoms with Crippen molar-refractivity contribution in [3.63, 3.8) is 0 Å². The van der Waals surface area contributed by atoms with E-state index in [1.54, 1.807) is 25.2 Å². The number of ether oxygens (including phenoxy) is 2. The maximum atomic E-state index is 13.5. The maximum Gasteiger partial charge on any atom is 0.332 e. The van der Waals surface area contributed by atoms with E-state index in [-0.39, 0.29) is 18.4 Å². The first-order valence-corrected chi connectivity index (χ1v) is 9.89. The smallest absolute Gasteiger partial charge is 0.332 e. The summed E-state index contributed by atoms with van der Waals surface area (Å²) < 4.78 is 13.4. The van der Waals surface area contributed by atoms with E-state index >= 15 is 0 Å². The van der Waals surface area contributed by atoms with Gasteiger partial charge in [-0.15, -0.1) is 0 Å². The number of fused-ring (bicyclic) bond motifs is 5. The highest BCUT2D eigenvalue weighted by Crippen LogP contribution is 2.48. The van der Waals surface area contributed by atoms with Gasteiger partial charge in [-0.1, -0.05) is 30.3 Å². The van der Waals surface area contributed by atoms with E-state index in [2.05, 4.69) is 0 Å². The standard InChI is InChI=1S/C23H17N3O5/c1-25-21-18(22(28)26(2)23(25)29)16(11-7-8-14-15(9-11)31-10-30-14)17-19(24-21)12-5-3-4-6-13(12)20(17)27/h3-9,16-17H,10H2,1-2H3/t16-,17-/m1/s1. The molecule has 3 aliphatic rings. The molecule has 0 unspecified atom stereocenters. The van der Waals surface area contributed by atoms with Gasteiger partial charge >= 0.3 is 5.69 Å². The molecule has 0 radical (unpaired) electrons. The average Bonchev–Trinajstić information content (AvgIpc) is 3.37. The third-order valence-corrected chi connectivity index (χ3v) is 6.34. The number of hydrogen-bond donors (Lipinski definition) is 0. The molecule has 6 rings (SSSR count). The Morgan fingerprint density at radius 1 is 0.903 bits per heavy atom. The summed E-state index contributed by atoms with van der Waals surface area (Å²) in [4.78, 5) is 44.1. The van der Waals surface area contributed by atoms with Gasteiger partial charge in [-0.2, -0.15) is 0 Å². The van der Waals surface area contributed by atoms with E-state index in [1.165, 1.54) is 11.6 Å². The van der Waals surface area contributed by atoms with E-state index in [0.29, 0.717) is 28.3 Å². The van der Waals surface area contributed by atoms with Gasteiger partial charge in [0.1, 0.15) is 5.82 Å². The van der Waals surface area contributed by atoms with Crippen LogP contribution in [0.4, 0.5) is 5.82 Å². The van der Waals surface area contributed by atoms with Crippen LogP contribution in [0.1, 0.15) is 33.0 Å². The number of aromatic nitrogens is 2. The van der Waals surface area contributed by atoms with Crippen molar-refractivity contribution in [2.75, 3.05) is 6.79 Å². The Morgan fingerprint density at radius 3 is 2.45 bits per heavy atom. The molecule has 2 atom stereocenters. The molecule has 0 saturated carbocycles. The highest BCUT2D eigenvalue weighted by molar-refractivity contribution is 6.30. The predicted molar refractivity (Wildman–Crippen MR) is 112 cm³/mol. The highest BCUT2D eigenvalue weighted by Gasteiger charge is 2.48. The summed E-state index contributed by atoms with van der Waals surface area (Å²) in [5.74, 6) is 0.110. The van der Waals surface area contributed by atoms with Crippen molar-refractivity contribution >= 4 is 17.3 Å². The Balaban J connectivity index is 1.70. The summed E-state index contributed by atoms with van der Waals surface area (Å²) in [5, 5.41) is 0. The van der Waals surface area contributed by atoms with Gasteiger partial charge in [0.25, 0.3) is 5.56 Å². The van der Waals surface area contributed by atoms with Crippen molar-refractivity contribution in [2.24, 2.45) is 25.0 Å². The van der Waals surface area contributed by atoms with Crippen molar-refractivity contribution in [2.45, 2.75) is 5.92 Å². The molecule has 2 aliphatic heterocycles. The number of benzene rings is 2. The van der Waals surface area contributed by atoms with Gasteiger partial charge in [0.05, 0.1) is 17.2 Å². The highest BCUT2D eigenvalue weighted by atomic mass is 16.7. The van der Waals surface area contributed by atoms with Crippen LogP contribution in [-0.2, 0) is 14.1 Å². The maximum absolute atomic E-state index is 13.5. The quantitative estimate of drug-likeness (QED) is 0.605. The van der Waals surface area contributed by atoms with E-state index in [0.717, 1.165) is 15.7 Å². The molecule has 0 saturated heterocycles. The lowest BCUT2D eigenvalue weighted by Gasteiger charge is -2.30. The molecule has 0 amide bonds. The third-order valence-electron chi connectivity index (χ3n) is 6.34. The first-order chi connectivity index (χ1) is 15.0. The molecule has 3 aromatic rings. The van der Waals surface area contributed by atoms with Crippen LogP contribution in [0, 0.1) is 5.92 Å². The second kappa shape index (κ2) is 6.04. The van der Waals surface area contributed by atoms with Gasteiger partial charge in [-0.05, 0) is 17.7 Å². The number of aliphatic imine (C=N–C) groups is 1. The van der Waals surface area contributed by atoms with Crippen LogP contribution < -0.4 is 20.7 Å². The first-order valence-electron chi connectivity index (χ1n) is 9.89. The molecule has 0 N–H and O–H groups in total. The van der Waals surface area contributed by atoms with Gasteiger partial charge in [0.15, 0.2) is 17.3 Å². The van der Waals surface area contributed by atoms with E-state index in [1.807, 2.05) is 24.3 Å². The summed E-state index contributed by atoms with van der Waals surface area (Å²) in [6, 6.07) is 12.7. The fourth-order valence-electron chi connectivity index (χ4n) is 4.83. The van der Waals surface area contributed by atoms with Crippen LogP contribution in [0.5, 0.6) is 11.5 Å². The molecule has 31 heavy (non-hydrogen) atoms. The number of Topliss-reactive ketones (excluding diaryl/α,β-unsaturated/α-hetero) is 1. The molecule has 0 bridgehead atoms. The molecule has 8 nitrogen and oxygen atoms in total. The normalized spacial score (nSPS) is 20.2. The minimum absolute atomic E-state index is 0.0847. The van der Waals surface area contributed by atoms with Gasteiger partial charge in [0, 0.05) is 31.1 Å². The van der Waals surface area contributed by atoms with E-state index < -0.39 is 23.1 Å². The Bertz CT molecular complexity index is 1460. The molecule has 1 aliphatic carbocycles. The summed E-state index contributed by atoms with van der Waals surface area (Å²) >= 11 is 0. The number of carbonyl (C=O) groups excluding carboxylic acids is 1. The Hall–Kier alpha value is -3.94. The SMILES string of the molecule is Cn1c2c(c(=O)n(C)c1=O)[C@H](c1ccc3c(c1)OCO3)[C@H]1C(=O)c3ccccc3C1=N2. The van der Waals surface area contributed by atoms with Crippen LogP contribution in [0.15, 0.2) is 57.0 Å². The van der Waals surface area contributed by atoms with Gasteiger partial charge in [-0.3, -0.25) is 18.7 Å². The lowest BCUT2D eigenvalue weighted by Crippen LogP contribution is -2.43. The molecular weight excluding hydrogens is 398 g/mol. The minimum Gasteiger partial charge on any atom is -0.454 e. The zero-order valence-electron chi connectivity index (χ0n) is 16.8. The second-order valence-electron chi connectivity index (χ2n) is 7.92. The molecule has 0 spiro atoms. The molecular formula is C23H17N3O5. The van der Waals surface area contributed by atoms with Gasteiger partial charge in [-0.25, -0.2) is 9.79 Å². The summed E-state index contributed by atoms with van der Waals surface area (Å²) in [6.45, 7) is 0.122. The van der Waals surface area contributed by atoms with Gasteiger partial charge < -0.3 is 9.47 Å². The zero-order chi connectivity index (χ0) is 21.4. The van der Waals surface area contributed by atoms with Crippen molar-refractivity contribution in [3.05, 3.63) is 85.6 Å². The fourth-order valence-corrected chi connectivity index (χ4v) is 4.83. The van der Waals surface area contributed by atoms with Crippen LogP contribution >= 0.6 is 0 Å². The minimum atomic E-state index is -0.657. The van der Waals surface area contributed by atoms with Crippen molar-refractivity contribution < 1.29 is 14.3 Å². The first kappa shape index (κ1) is 17.9. The lowest BCUT2D eigenvalue weighted by molar-refractivity contribution is 0.0953. The molecule has 3 heterocycles. The molecule has 154 valence electrons. The monoisotopic (exact) mass is 415 g/mol. The van der Waals surface area contributed by atoms with Gasteiger partial charge in [0.2, 0.25) is 6.79 Å². The van der Waals surface area contributed by atoms with Crippen molar-refractivity contribution in [1.82, 2.24) is 9.13 Å². The number of hydrogen-bond acceptors (Lipinski definition) is 6. The second-order valence-corrected chi connectivity index (χ2v) is 7.92. The fraction of sp³-hybridized carbons (Fsp3) is 0.217. The number of nitrogens with zero attached hydrogens (tertiary/aromatic N) is 3. The summed E-state index contributed by atoms with van der Waals surface area (Å²) in [7, 11) is 3.02. The Labute approximate surface area is 176 Å². The predicted octanol–water partition coefficient (Wildman–Crippen LogP) is 1.89. The largest absolute Gasteiger partial charge is 0.454 e. The van der Waals surface area contributed by atoms with Crippen LogP contribution in [0.3, 0.4) is 0 Å². The number of rotatable bonds is 1. The molecule has 2 aromatic carbocycles. The topological polar surface area (TPSA) is 91.9 Å². The molecule has 0 fully saturated rings. The van der Waals surface area contributed by atoms with E-state index in [4.69, 9.17) is 14.5 Å². The van der Waals surface area contributed by atoms with Crippen LogP contribution in [0.2, 0.25) is 0 Å². The number of ketones is 1. The van der Waals surface area contributed by atoms with Crippen molar-refractivity contribution in [1.29, 1.82) is 0 Å². The Morgan fingerprint density at radius 2 is 1.65 bits per heavy atom. The Kier molecular flexibility index (Phi) is 3.48. The summed E-state index contributed by atoms with van der Waals surface area (Å²) in [5.41, 5.74) is 2.05. The van der Waals surface area contributed by atoms with Crippen LogP contribution in [-0.4, -0.2) is 27.4 Å². The van der Waals surface area contributed by atoms with E-state index in [9.17, 15) is 14.4 Å². The zero-order valence-corrected chi connectivity index (χ0v) is 16.8. The summed E-state index contributed by atoms with van der Waals surface area (Å²) in [6.07, 6.45) is 0.